The highest BCUT2D eigenvalue weighted by molar-refractivity contribution is 5.86. The Hall–Kier alpha value is -2.81. The maximum atomic E-state index is 5.68. The van der Waals surface area contributed by atoms with Crippen LogP contribution in [0.1, 0.15) is 5.69 Å². The topological polar surface area (TPSA) is 85.1 Å². The summed E-state index contributed by atoms with van der Waals surface area (Å²) in [6.07, 6.45) is 3.45. The number of aromatic nitrogens is 6. The second-order valence-electron chi connectivity index (χ2n) is 6.39. The molecular formula is C17H22N8O. The molecule has 0 saturated carbocycles. The van der Waals surface area contributed by atoms with E-state index in [1.165, 1.54) is 0 Å². The molecule has 9 nitrogen and oxygen atoms in total. The molecule has 0 spiro atoms. The molecule has 0 N–H and O–H groups in total. The minimum absolute atomic E-state index is 0.578. The Balaban J connectivity index is 1.30. The first kappa shape index (κ1) is 16.6. The van der Waals surface area contributed by atoms with E-state index in [4.69, 9.17) is 4.74 Å². The molecule has 3 aromatic rings. The molecule has 1 aliphatic rings. The average molecular weight is 354 g/mol. The Kier molecular flexibility index (Phi) is 4.61. The summed E-state index contributed by atoms with van der Waals surface area (Å²) in [6.45, 7) is 7.17. The van der Waals surface area contributed by atoms with Crippen LogP contribution in [0.2, 0.25) is 0 Å². The summed E-state index contributed by atoms with van der Waals surface area (Å²) in [5, 5.41) is 13.3. The van der Waals surface area contributed by atoms with Crippen molar-refractivity contribution in [1.29, 1.82) is 0 Å². The maximum absolute atomic E-state index is 5.68. The van der Waals surface area contributed by atoms with Gasteiger partial charge in [0.25, 0.3) is 0 Å². The van der Waals surface area contributed by atoms with E-state index in [0.29, 0.717) is 12.5 Å². The highest BCUT2D eigenvalue weighted by Crippen LogP contribution is 2.23. The van der Waals surface area contributed by atoms with Crippen LogP contribution in [0.25, 0.3) is 11.0 Å². The smallest absolute Gasteiger partial charge is 0.233 e. The van der Waals surface area contributed by atoms with E-state index in [-0.39, 0.29) is 0 Å². The molecule has 1 saturated heterocycles. The third-order valence-electron chi connectivity index (χ3n) is 4.61. The number of ether oxygens (including phenoxy) is 1. The van der Waals surface area contributed by atoms with Crippen LogP contribution in [0.3, 0.4) is 0 Å². The van der Waals surface area contributed by atoms with Gasteiger partial charge in [-0.05, 0) is 13.0 Å². The summed E-state index contributed by atoms with van der Waals surface area (Å²) in [6, 6.07) is 3.76. The van der Waals surface area contributed by atoms with E-state index >= 15 is 0 Å². The molecule has 136 valence electrons. The molecule has 4 rings (SSSR count). The first-order chi connectivity index (χ1) is 12.7. The number of piperazine rings is 1. The fourth-order valence-electron chi connectivity index (χ4n) is 3.13. The third kappa shape index (κ3) is 3.43. The number of anilines is 1. The third-order valence-corrected chi connectivity index (χ3v) is 4.61. The van der Waals surface area contributed by atoms with Crippen LogP contribution in [-0.4, -0.2) is 74.2 Å². The molecule has 0 bridgehead atoms. The molecule has 3 aromatic heterocycles. The lowest BCUT2D eigenvalue weighted by Crippen LogP contribution is -2.47. The van der Waals surface area contributed by atoms with E-state index in [0.717, 1.165) is 55.3 Å². The molecule has 0 aromatic carbocycles. The van der Waals surface area contributed by atoms with Crippen molar-refractivity contribution in [3.8, 4) is 5.88 Å². The van der Waals surface area contributed by atoms with Gasteiger partial charge in [0.15, 0.2) is 5.65 Å². The summed E-state index contributed by atoms with van der Waals surface area (Å²) in [7, 11) is 1.90. The molecule has 26 heavy (non-hydrogen) atoms. The molecule has 0 aliphatic carbocycles. The Labute approximate surface area is 151 Å². The van der Waals surface area contributed by atoms with Gasteiger partial charge in [-0.25, -0.2) is 9.97 Å². The van der Waals surface area contributed by atoms with Gasteiger partial charge in [0.1, 0.15) is 18.8 Å². The lowest BCUT2D eigenvalue weighted by atomic mass is 10.3. The number of hydrogen-bond donors (Lipinski definition) is 0. The van der Waals surface area contributed by atoms with Crippen molar-refractivity contribution in [3.05, 3.63) is 30.4 Å². The predicted octanol–water partition coefficient (Wildman–Crippen LogP) is 0.663. The molecule has 1 aliphatic heterocycles. The lowest BCUT2D eigenvalue weighted by molar-refractivity contribution is 0.196. The zero-order chi connectivity index (χ0) is 17.9. The standard InChI is InChI=1S/C17H22N8O/c1-13-3-4-15(22-21-13)26-10-9-24-5-7-25(8-6-24)17-14-11-20-23(2)16(14)18-12-19-17/h3-4,11-12H,5-10H2,1-2H3. The molecule has 0 amide bonds. The van der Waals surface area contributed by atoms with E-state index in [1.807, 2.05) is 32.3 Å². The van der Waals surface area contributed by atoms with E-state index < -0.39 is 0 Å². The van der Waals surface area contributed by atoms with Gasteiger partial charge in [-0.1, -0.05) is 0 Å². The number of nitrogens with zero attached hydrogens (tertiary/aromatic N) is 8. The van der Waals surface area contributed by atoms with Gasteiger partial charge in [0.2, 0.25) is 5.88 Å². The fraction of sp³-hybridized carbons (Fsp3) is 0.471. The van der Waals surface area contributed by atoms with Gasteiger partial charge >= 0.3 is 0 Å². The molecule has 0 radical (unpaired) electrons. The van der Waals surface area contributed by atoms with Crippen LogP contribution >= 0.6 is 0 Å². The SMILES string of the molecule is Cc1ccc(OCCN2CCN(c3ncnc4c3cnn4C)CC2)nn1. The zero-order valence-electron chi connectivity index (χ0n) is 15.0. The predicted molar refractivity (Wildman–Crippen MR) is 97.2 cm³/mol. The molecular weight excluding hydrogens is 332 g/mol. The largest absolute Gasteiger partial charge is 0.475 e. The van der Waals surface area contributed by atoms with Crippen LogP contribution in [-0.2, 0) is 7.05 Å². The van der Waals surface area contributed by atoms with Crippen LogP contribution in [0.4, 0.5) is 5.82 Å². The summed E-state index contributed by atoms with van der Waals surface area (Å²) >= 11 is 0. The van der Waals surface area contributed by atoms with Crippen molar-refractivity contribution in [2.24, 2.45) is 7.05 Å². The van der Waals surface area contributed by atoms with Crippen molar-refractivity contribution < 1.29 is 4.74 Å². The van der Waals surface area contributed by atoms with Gasteiger partial charge in [-0.15, -0.1) is 5.10 Å². The zero-order valence-corrected chi connectivity index (χ0v) is 15.0. The maximum Gasteiger partial charge on any atom is 0.233 e. The quantitative estimate of drug-likeness (QED) is 0.661. The van der Waals surface area contributed by atoms with Crippen LogP contribution in [0.15, 0.2) is 24.7 Å². The van der Waals surface area contributed by atoms with Crippen LogP contribution in [0.5, 0.6) is 5.88 Å². The van der Waals surface area contributed by atoms with E-state index in [1.54, 1.807) is 11.0 Å². The van der Waals surface area contributed by atoms with Gasteiger partial charge in [0.05, 0.1) is 17.3 Å². The van der Waals surface area contributed by atoms with Crippen molar-refractivity contribution in [2.75, 3.05) is 44.2 Å². The highest BCUT2D eigenvalue weighted by atomic mass is 16.5. The molecule has 0 unspecified atom stereocenters. The minimum Gasteiger partial charge on any atom is -0.475 e. The Morgan fingerprint density at radius 1 is 1.08 bits per heavy atom. The van der Waals surface area contributed by atoms with Crippen molar-refractivity contribution in [2.45, 2.75) is 6.92 Å². The molecule has 1 fully saturated rings. The van der Waals surface area contributed by atoms with Crippen molar-refractivity contribution >= 4 is 16.9 Å². The Morgan fingerprint density at radius 2 is 1.92 bits per heavy atom. The second kappa shape index (κ2) is 7.20. The fourth-order valence-corrected chi connectivity index (χ4v) is 3.13. The average Bonchev–Trinajstić information content (AvgIpc) is 3.05. The molecule has 9 heteroatoms. The van der Waals surface area contributed by atoms with Gasteiger partial charge in [0, 0.05) is 45.8 Å². The molecule has 4 heterocycles. The summed E-state index contributed by atoms with van der Waals surface area (Å²) in [5.41, 5.74) is 1.76. The normalized spacial score (nSPS) is 15.5. The van der Waals surface area contributed by atoms with Crippen molar-refractivity contribution in [1.82, 2.24) is 34.8 Å². The summed E-state index contributed by atoms with van der Waals surface area (Å²) in [4.78, 5) is 13.5. The van der Waals surface area contributed by atoms with Gasteiger partial charge in [-0.2, -0.15) is 10.2 Å². The number of fused-ring (bicyclic) bond motifs is 1. The molecule has 0 atom stereocenters. The first-order valence-electron chi connectivity index (χ1n) is 8.74. The summed E-state index contributed by atoms with van der Waals surface area (Å²) < 4.78 is 7.45. The van der Waals surface area contributed by atoms with E-state index in [2.05, 4.69) is 35.1 Å². The monoisotopic (exact) mass is 354 g/mol. The van der Waals surface area contributed by atoms with Crippen molar-refractivity contribution in [3.63, 3.8) is 0 Å². The van der Waals surface area contributed by atoms with Crippen LogP contribution in [0, 0.1) is 6.92 Å². The second-order valence-corrected chi connectivity index (χ2v) is 6.39. The highest BCUT2D eigenvalue weighted by Gasteiger charge is 2.20. The Bertz CT molecular complexity index is 870. The first-order valence-corrected chi connectivity index (χ1v) is 8.74. The van der Waals surface area contributed by atoms with Gasteiger partial charge in [-0.3, -0.25) is 9.58 Å². The minimum atomic E-state index is 0.578. The summed E-state index contributed by atoms with van der Waals surface area (Å²) in [5.74, 6) is 1.54. The lowest BCUT2D eigenvalue weighted by Gasteiger charge is -2.35. The Morgan fingerprint density at radius 3 is 2.69 bits per heavy atom. The number of hydrogen-bond acceptors (Lipinski definition) is 8. The number of aryl methyl sites for hydroxylation is 2. The number of rotatable bonds is 5. The van der Waals surface area contributed by atoms with Crippen LogP contribution < -0.4 is 9.64 Å². The van der Waals surface area contributed by atoms with Gasteiger partial charge < -0.3 is 9.64 Å². The van der Waals surface area contributed by atoms with E-state index in [9.17, 15) is 0 Å².